The number of hydrogen-bond donors (Lipinski definition) is 0. The first-order valence-corrected chi connectivity index (χ1v) is 10.2. The molecule has 3 aromatic rings. The van der Waals surface area contributed by atoms with Crippen LogP contribution < -0.4 is 14.3 Å². The Morgan fingerprint density at radius 1 is 1.14 bits per heavy atom. The van der Waals surface area contributed by atoms with Crippen LogP contribution in [0.25, 0.3) is 11.3 Å². The molecule has 0 N–H and O–H groups in total. The standard InChI is InChI=1S/C21H19Cl2N3O2S/c1-4-10-24-21-26(25-12-16-17(22)6-5-7-18(16)23)19(13-29-21)15-11-14(27-2)8-9-20(15)28-3/h4-9,11-13H,1,10H2,2-3H3. The molecule has 1 aromatic heterocycles. The van der Waals surface area contributed by atoms with Crippen molar-refractivity contribution in [3.63, 3.8) is 0 Å². The topological polar surface area (TPSA) is 48.1 Å². The van der Waals surface area contributed by atoms with E-state index >= 15 is 0 Å². The predicted molar refractivity (Wildman–Crippen MR) is 121 cm³/mol. The minimum absolute atomic E-state index is 0.470. The van der Waals surface area contributed by atoms with Crippen molar-refractivity contribution in [2.24, 2.45) is 10.1 Å². The number of ether oxygens (including phenoxy) is 2. The normalized spacial score (nSPS) is 11.8. The molecule has 0 fully saturated rings. The predicted octanol–water partition coefficient (Wildman–Crippen LogP) is 5.51. The molecule has 0 aliphatic rings. The van der Waals surface area contributed by atoms with Crippen LogP contribution in [0.1, 0.15) is 5.56 Å². The Bertz CT molecular complexity index is 1100. The molecule has 0 amide bonds. The van der Waals surface area contributed by atoms with Gasteiger partial charge in [0.1, 0.15) is 11.5 Å². The first-order chi connectivity index (χ1) is 14.1. The van der Waals surface area contributed by atoms with Crippen LogP contribution in [0.5, 0.6) is 11.5 Å². The van der Waals surface area contributed by atoms with Gasteiger partial charge in [-0.2, -0.15) is 5.10 Å². The van der Waals surface area contributed by atoms with Crippen LogP contribution >= 0.6 is 34.5 Å². The summed E-state index contributed by atoms with van der Waals surface area (Å²) in [5.41, 5.74) is 2.26. The van der Waals surface area contributed by atoms with Gasteiger partial charge in [-0.1, -0.05) is 35.3 Å². The summed E-state index contributed by atoms with van der Waals surface area (Å²) in [5, 5.41) is 7.62. The number of halogens is 2. The molecule has 8 heteroatoms. The molecule has 0 unspecified atom stereocenters. The van der Waals surface area contributed by atoms with Crippen molar-refractivity contribution in [3.05, 3.63) is 74.8 Å². The Hall–Kier alpha value is -2.54. The molecule has 0 aliphatic carbocycles. The molecule has 0 saturated heterocycles. The number of rotatable bonds is 7. The minimum Gasteiger partial charge on any atom is -0.497 e. The van der Waals surface area contributed by atoms with Crippen molar-refractivity contribution in [3.8, 4) is 22.8 Å². The number of aromatic nitrogens is 1. The van der Waals surface area contributed by atoms with E-state index in [1.54, 1.807) is 49.4 Å². The van der Waals surface area contributed by atoms with Crippen molar-refractivity contribution in [2.45, 2.75) is 0 Å². The van der Waals surface area contributed by atoms with Crippen LogP contribution in [0, 0.1) is 0 Å². The molecule has 3 rings (SSSR count). The van der Waals surface area contributed by atoms with E-state index < -0.39 is 0 Å². The van der Waals surface area contributed by atoms with E-state index in [0.717, 1.165) is 11.3 Å². The van der Waals surface area contributed by atoms with Gasteiger partial charge >= 0.3 is 0 Å². The van der Waals surface area contributed by atoms with Crippen molar-refractivity contribution in [2.75, 3.05) is 20.8 Å². The third kappa shape index (κ3) is 4.72. The summed E-state index contributed by atoms with van der Waals surface area (Å²) in [6.07, 6.45) is 3.35. The van der Waals surface area contributed by atoms with Gasteiger partial charge in [-0.3, -0.25) is 4.99 Å². The number of thiazole rings is 1. The van der Waals surface area contributed by atoms with Crippen LogP contribution in [0.4, 0.5) is 0 Å². The van der Waals surface area contributed by atoms with Gasteiger partial charge in [0.15, 0.2) is 0 Å². The number of nitrogens with zero attached hydrogens (tertiary/aromatic N) is 3. The van der Waals surface area contributed by atoms with Gasteiger partial charge < -0.3 is 9.47 Å². The van der Waals surface area contributed by atoms with Crippen molar-refractivity contribution in [1.82, 2.24) is 4.68 Å². The van der Waals surface area contributed by atoms with Gasteiger partial charge in [0.05, 0.1) is 42.7 Å². The van der Waals surface area contributed by atoms with Crippen LogP contribution in [0.3, 0.4) is 0 Å². The maximum atomic E-state index is 6.28. The van der Waals surface area contributed by atoms with Crippen LogP contribution in [0.15, 0.2) is 64.5 Å². The molecule has 0 saturated carbocycles. The highest BCUT2D eigenvalue weighted by atomic mass is 35.5. The van der Waals surface area contributed by atoms with E-state index in [-0.39, 0.29) is 0 Å². The average Bonchev–Trinajstić information content (AvgIpc) is 3.13. The molecule has 0 aliphatic heterocycles. The summed E-state index contributed by atoms with van der Waals surface area (Å²) < 4.78 is 12.6. The Labute approximate surface area is 183 Å². The molecule has 2 aromatic carbocycles. The number of hydrogen-bond acceptors (Lipinski definition) is 5. The Kier molecular flexibility index (Phi) is 7.14. The highest BCUT2D eigenvalue weighted by Gasteiger charge is 2.14. The van der Waals surface area contributed by atoms with Crippen molar-refractivity contribution in [1.29, 1.82) is 0 Å². The summed E-state index contributed by atoms with van der Waals surface area (Å²) in [6.45, 7) is 4.20. The molecule has 0 spiro atoms. The second kappa shape index (κ2) is 9.78. The molecule has 5 nitrogen and oxygen atoms in total. The highest BCUT2D eigenvalue weighted by Crippen LogP contribution is 2.34. The first kappa shape index (κ1) is 21.2. The number of methoxy groups -OCH3 is 2. The van der Waals surface area contributed by atoms with Gasteiger partial charge in [-0.15, -0.1) is 17.9 Å². The molecular weight excluding hydrogens is 429 g/mol. The van der Waals surface area contributed by atoms with Gasteiger partial charge in [-0.25, -0.2) is 4.68 Å². The van der Waals surface area contributed by atoms with Crippen LogP contribution in [-0.4, -0.2) is 31.7 Å². The highest BCUT2D eigenvalue weighted by molar-refractivity contribution is 7.07. The second-order valence-electron chi connectivity index (χ2n) is 5.79. The van der Waals surface area contributed by atoms with Gasteiger partial charge in [-0.05, 0) is 30.3 Å². The maximum absolute atomic E-state index is 6.28. The van der Waals surface area contributed by atoms with E-state index in [2.05, 4.69) is 16.7 Å². The second-order valence-corrected chi connectivity index (χ2v) is 7.44. The van der Waals surface area contributed by atoms with E-state index in [0.29, 0.717) is 38.5 Å². The molecular formula is C21H19Cl2N3O2S. The molecule has 150 valence electrons. The average molecular weight is 448 g/mol. The first-order valence-electron chi connectivity index (χ1n) is 8.61. The largest absolute Gasteiger partial charge is 0.497 e. The lowest BCUT2D eigenvalue weighted by Gasteiger charge is -2.11. The molecule has 0 atom stereocenters. The molecule has 0 radical (unpaired) electrons. The van der Waals surface area contributed by atoms with Gasteiger partial charge in [0.25, 0.3) is 0 Å². The number of benzene rings is 2. The Morgan fingerprint density at radius 2 is 1.90 bits per heavy atom. The molecule has 1 heterocycles. The molecule has 0 bridgehead atoms. The van der Waals surface area contributed by atoms with Gasteiger partial charge in [0.2, 0.25) is 4.80 Å². The smallest absolute Gasteiger partial charge is 0.206 e. The summed E-state index contributed by atoms with van der Waals surface area (Å²) in [6, 6.07) is 10.9. The molecule has 29 heavy (non-hydrogen) atoms. The zero-order valence-electron chi connectivity index (χ0n) is 15.9. The fourth-order valence-electron chi connectivity index (χ4n) is 2.61. The zero-order valence-corrected chi connectivity index (χ0v) is 18.3. The minimum atomic E-state index is 0.470. The SMILES string of the molecule is C=CCN=c1scc(-c2cc(OC)ccc2OC)n1N=Cc1c(Cl)cccc1Cl. The van der Waals surface area contributed by atoms with E-state index in [9.17, 15) is 0 Å². The summed E-state index contributed by atoms with van der Waals surface area (Å²) in [4.78, 5) is 5.24. The third-order valence-corrected chi connectivity index (χ3v) is 5.54. The van der Waals surface area contributed by atoms with Crippen LogP contribution in [0.2, 0.25) is 10.0 Å². The maximum Gasteiger partial charge on any atom is 0.206 e. The lowest BCUT2D eigenvalue weighted by Crippen LogP contribution is -2.13. The van der Waals surface area contributed by atoms with Crippen molar-refractivity contribution < 1.29 is 9.47 Å². The fourth-order valence-corrected chi connectivity index (χ4v) is 3.94. The zero-order chi connectivity index (χ0) is 20.8. The monoisotopic (exact) mass is 447 g/mol. The van der Waals surface area contributed by atoms with Crippen molar-refractivity contribution >= 4 is 40.8 Å². The van der Waals surface area contributed by atoms with Crippen LogP contribution in [-0.2, 0) is 0 Å². The van der Waals surface area contributed by atoms with E-state index in [1.807, 2.05) is 23.6 Å². The Balaban J connectivity index is 2.20. The summed E-state index contributed by atoms with van der Waals surface area (Å²) >= 11 is 14.0. The quantitative estimate of drug-likeness (QED) is 0.354. The lowest BCUT2D eigenvalue weighted by atomic mass is 10.1. The van der Waals surface area contributed by atoms with E-state index in [4.69, 9.17) is 32.7 Å². The lowest BCUT2D eigenvalue weighted by molar-refractivity contribution is 0.404. The third-order valence-electron chi connectivity index (χ3n) is 4.03. The fraction of sp³-hybridized carbons (Fsp3) is 0.143. The van der Waals surface area contributed by atoms with E-state index in [1.165, 1.54) is 11.3 Å². The summed E-state index contributed by atoms with van der Waals surface area (Å²) in [5.74, 6) is 1.40. The Morgan fingerprint density at radius 3 is 2.55 bits per heavy atom. The van der Waals surface area contributed by atoms with Gasteiger partial charge in [0, 0.05) is 16.5 Å². The summed E-state index contributed by atoms with van der Waals surface area (Å²) in [7, 11) is 3.24.